The van der Waals surface area contributed by atoms with Crippen LogP contribution in [0.2, 0.25) is 5.02 Å². The highest BCUT2D eigenvalue weighted by Crippen LogP contribution is 2.28. The van der Waals surface area contributed by atoms with Gasteiger partial charge in [0.15, 0.2) is 5.78 Å². The predicted octanol–water partition coefficient (Wildman–Crippen LogP) is 3.99. The molecule has 2 aromatic rings. The van der Waals surface area contributed by atoms with Gasteiger partial charge in [-0.2, -0.15) is 5.26 Å². The number of nitriles is 1. The molecule has 0 atom stereocenters. The molecule has 20 heavy (non-hydrogen) atoms. The Bertz CT molecular complexity index is 675. The summed E-state index contributed by atoms with van der Waals surface area (Å²) in [7, 11) is 0. The minimum Gasteiger partial charge on any atom is -0.487 e. The largest absolute Gasteiger partial charge is 0.487 e. The van der Waals surface area contributed by atoms with Gasteiger partial charge in [-0.1, -0.05) is 41.9 Å². The van der Waals surface area contributed by atoms with Crippen LogP contribution in [-0.2, 0) is 6.61 Å². The third-order valence-electron chi connectivity index (χ3n) is 2.81. The first-order chi connectivity index (χ1) is 9.61. The van der Waals surface area contributed by atoms with Crippen molar-refractivity contribution in [3.8, 4) is 11.8 Å². The first-order valence-corrected chi connectivity index (χ1v) is 6.41. The molecule has 0 aliphatic rings. The van der Waals surface area contributed by atoms with Crippen LogP contribution in [0.1, 0.15) is 28.4 Å². The van der Waals surface area contributed by atoms with Crippen molar-refractivity contribution in [1.82, 2.24) is 0 Å². The van der Waals surface area contributed by atoms with E-state index in [1.807, 2.05) is 36.4 Å². The fraction of sp³-hybridized carbons (Fsp3) is 0.125. The maximum absolute atomic E-state index is 11.4. The Morgan fingerprint density at radius 2 is 2.00 bits per heavy atom. The van der Waals surface area contributed by atoms with Gasteiger partial charge in [0.25, 0.3) is 0 Å². The number of ketones is 1. The van der Waals surface area contributed by atoms with Crippen molar-refractivity contribution in [3.63, 3.8) is 0 Å². The summed E-state index contributed by atoms with van der Waals surface area (Å²) in [5.74, 6) is 0.201. The molecule has 0 N–H and O–H groups in total. The molecule has 0 saturated carbocycles. The van der Waals surface area contributed by atoms with Crippen molar-refractivity contribution < 1.29 is 9.53 Å². The molecule has 2 rings (SSSR count). The SMILES string of the molecule is CC(=O)c1cc(C#N)c(OCc2ccccc2)cc1Cl. The molecule has 0 bridgehead atoms. The molecule has 0 amide bonds. The van der Waals surface area contributed by atoms with E-state index in [1.165, 1.54) is 19.1 Å². The zero-order valence-electron chi connectivity index (χ0n) is 10.9. The van der Waals surface area contributed by atoms with Gasteiger partial charge in [-0.15, -0.1) is 0 Å². The molecule has 0 saturated heterocycles. The second kappa shape index (κ2) is 6.23. The van der Waals surface area contributed by atoms with Crippen molar-refractivity contribution in [3.05, 3.63) is 64.2 Å². The third-order valence-corrected chi connectivity index (χ3v) is 3.12. The molecule has 0 heterocycles. The lowest BCUT2D eigenvalue weighted by molar-refractivity contribution is 0.101. The number of hydrogen-bond donors (Lipinski definition) is 0. The zero-order valence-corrected chi connectivity index (χ0v) is 11.6. The Kier molecular flexibility index (Phi) is 4.39. The van der Waals surface area contributed by atoms with Gasteiger partial charge in [0.05, 0.1) is 10.6 Å². The molecule has 2 aromatic carbocycles. The van der Waals surface area contributed by atoms with E-state index < -0.39 is 0 Å². The molecule has 3 nitrogen and oxygen atoms in total. The van der Waals surface area contributed by atoms with Gasteiger partial charge in [0.2, 0.25) is 0 Å². The van der Waals surface area contributed by atoms with E-state index in [4.69, 9.17) is 21.6 Å². The van der Waals surface area contributed by atoms with Crippen molar-refractivity contribution in [2.75, 3.05) is 0 Å². The fourth-order valence-electron chi connectivity index (χ4n) is 1.77. The second-order valence-electron chi connectivity index (χ2n) is 4.27. The summed E-state index contributed by atoms with van der Waals surface area (Å²) in [6.07, 6.45) is 0. The first kappa shape index (κ1) is 14.1. The summed E-state index contributed by atoms with van der Waals surface area (Å²) in [6.45, 7) is 1.75. The van der Waals surface area contributed by atoms with E-state index in [1.54, 1.807) is 0 Å². The average molecular weight is 286 g/mol. The van der Waals surface area contributed by atoms with Gasteiger partial charge in [-0.3, -0.25) is 4.79 Å². The number of nitrogens with zero attached hydrogens (tertiary/aromatic N) is 1. The van der Waals surface area contributed by atoms with E-state index in [0.29, 0.717) is 28.5 Å². The van der Waals surface area contributed by atoms with Gasteiger partial charge in [-0.05, 0) is 18.6 Å². The van der Waals surface area contributed by atoms with Crippen LogP contribution in [0.5, 0.6) is 5.75 Å². The van der Waals surface area contributed by atoms with Gasteiger partial charge in [0, 0.05) is 11.6 Å². The minimum atomic E-state index is -0.180. The summed E-state index contributed by atoms with van der Waals surface area (Å²) >= 11 is 6.02. The number of benzene rings is 2. The Morgan fingerprint density at radius 1 is 1.30 bits per heavy atom. The number of carbonyl (C=O) groups is 1. The van der Waals surface area contributed by atoms with Crippen LogP contribution in [0.25, 0.3) is 0 Å². The maximum atomic E-state index is 11.4. The summed E-state index contributed by atoms with van der Waals surface area (Å²) < 4.78 is 5.61. The lowest BCUT2D eigenvalue weighted by Gasteiger charge is -2.10. The summed E-state index contributed by atoms with van der Waals surface area (Å²) in [6, 6.07) is 14.6. The fourth-order valence-corrected chi connectivity index (χ4v) is 2.05. The standard InChI is InChI=1S/C16H12ClNO2/c1-11(19)14-7-13(9-18)16(8-15(14)17)20-10-12-5-3-2-4-6-12/h2-8H,10H2,1H3. The average Bonchev–Trinajstić information content (AvgIpc) is 2.46. The van der Waals surface area contributed by atoms with E-state index in [2.05, 4.69) is 0 Å². The maximum Gasteiger partial charge on any atom is 0.161 e. The Hall–Kier alpha value is -2.31. The predicted molar refractivity (Wildman–Crippen MR) is 76.9 cm³/mol. The molecule has 0 unspecified atom stereocenters. The number of Topliss-reactive ketones (excluding diaryl/α,β-unsaturated/α-hetero) is 1. The Morgan fingerprint density at radius 3 is 2.60 bits per heavy atom. The van der Waals surface area contributed by atoms with Gasteiger partial charge in [0.1, 0.15) is 18.4 Å². The molecule has 100 valence electrons. The highest BCUT2D eigenvalue weighted by Gasteiger charge is 2.12. The lowest BCUT2D eigenvalue weighted by Crippen LogP contribution is -2.00. The van der Waals surface area contributed by atoms with Crippen LogP contribution in [0.3, 0.4) is 0 Å². The molecule has 4 heteroatoms. The number of rotatable bonds is 4. The van der Waals surface area contributed by atoms with Crippen LogP contribution in [0, 0.1) is 11.3 Å². The van der Waals surface area contributed by atoms with E-state index in [0.717, 1.165) is 5.56 Å². The summed E-state index contributed by atoms with van der Waals surface area (Å²) in [4.78, 5) is 11.4. The summed E-state index contributed by atoms with van der Waals surface area (Å²) in [5, 5.41) is 9.42. The number of halogens is 1. The van der Waals surface area contributed by atoms with E-state index >= 15 is 0 Å². The monoisotopic (exact) mass is 285 g/mol. The second-order valence-corrected chi connectivity index (χ2v) is 4.68. The topological polar surface area (TPSA) is 50.1 Å². The molecule has 0 aromatic heterocycles. The normalized spacial score (nSPS) is 9.85. The van der Waals surface area contributed by atoms with E-state index in [9.17, 15) is 4.79 Å². The van der Waals surface area contributed by atoms with Crippen LogP contribution in [0.15, 0.2) is 42.5 Å². The number of carbonyl (C=O) groups excluding carboxylic acids is 1. The smallest absolute Gasteiger partial charge is 0.161 e. The lowest BCUT2D eigenvalue weighted by atomic mass is 10.1. The van der Waals surface area contributed by atoms with Crippen molar-refractivity contribution in [2.24, 2.45) is 0 Å². The molecule has 0 fully saturated rings. The van der Waals surface area contributed by atoms with Gasteiger partial charge >= 0.3 is 0 Å². The first-order valence-electron chi connectivity index (χ1n) is 6.03. The van der Waals surface area contributed by atoms with E-state index in [-0.39, 0.29) is 5.78 Å². The third kappa shape index (κ3) is 3.17. The molecular formula is C16H12ClNO2. The molecular weight excluding hydrogens is 274 g/mol. The molecule has 0 aliphatic carbocycles. The minimum absolute atomic E-state index is 0.180. The number of hydrogen-bond acceptors (Lipinski definition) is 3. The van der Waals surface area contributed by atoms with Crippen molar-refractivity contribution in [1.29, 1.82) is 5.26 Å². The van der Waals surface area contributed by atoms with Crippen molar-refractivity contribution >= 4 is 17.4 Å². The zero-order chi connectivity index (χ0) is 14.5. The quantitative estimate of drug-likeness (QED) is 0.798. The highest BCUT2D eigenvalue weighted by atomic mass is 35.5. The van der Waals surface area contributed by atoms with Crippen LogP contribution in [-0.4, -0.2) is 5.78 Å². The Balaban J connectivity index is 2.26. The molecule has 0 aliphatic heterocycles. The molecule has 0 spiro atoms. The van der Waals surface area contributed by atoms with Crippen LogP contribution >= 0.6 is 11.6 Å². The van der Waals surface area contributed by atoms with Crippen LogP contribution in [0.4, 0.5) is 0 Å². The highest BCUT2D eigenvalue weighted by molar-refractivity contribution is 6.34. The number of ether oxygens (including phenoxy) is 1. The molecule has 0 radical (unpaired) electrons. The van der Waals surface area contributed by atoms with Gasteiger partial charge < -0.3 is 4.74 Å². The summed E-state index contributed by atoms with van der Waals surface area (Å²) in [5.41, 5.74) is 1.62. The Labute approximate surface area is 122 Å². The van der Waals surface area contributed by atoms with Gasteiger partial charge in [-0.25, -0.2) is 0 Å². The van der Waals surface area contributed by atoms with Crippen molar-refractivity contribution in [2.45, 2.75) is 13.5 Å². The van der Waals surface area contributed by atoms with Crippen LogP contribution < -0.4 is 4.74 Å².